The molecule has 0 aliphatic heterocycles. The second kappa shape index (κ2) is 3.02. The van der Waals surface area contributed by atoms with Crippen LogP contribution in [0.3, 0.4) is 0 Å². The van der Waals surface area contributed by atoms with Crippen LogP contribution >= 0.6 is 0 Å². The molecule has 1 aliphatic rings. The molecular weight excluding hydrogens is 156 g/mol. The van der Waals surface area contributed by atoms with Gasteiger partial charge in [0.25, 0.3) is 0 Å². The molecule has 0 spiro atoms. The molecule has 0 amide bonds. The summed E-state index contributed by atoms with van der Waals surface area (Å²) in [5, 5.41) is 0. The van der Waals surface area contributed by atoms with Gasteiger partial charge in [0.15, 0.2) is 0 Å². The maximum absolute atomic E-state index is 2.31. The molecule has 68 valence electrons. The van der Waals surface area contributed by atoms with Crippen molar-refractivity contribution in [2.45, 2.75) is 27.2 Å². The third-order valence-electron chi connectivity index (χ3n) is 2.93. The summed E-state index contributed by atoms with van der Waals surface area (Å²) in [5.41, 5.74) is 5.86. The number of aryl methyl sites for hydroxylation is 2. The first-order valence-electron chi connectivity index (χ1n) is 4.96. The molecule has 0 nitrogen and oxygen atoms in total. The summed E-state index contributed by atoms with van der Waals surface area (Å²) in [4.78, 5) is 0. The summed E-state index contributed by atoms with van der Waals surface area (Å²) in [6.45, 7) is 6.68. The molecule has 0 bridgehead atoms. The van der Waals surface area contributed by atoms with Gasteiger partial charge in [-0.3, -0.25) is 0 Å². The summed E-state index contributed by atoms with van der Waals surface area (Å²) in [5.74, 6) is 0.702. The Bertz CT molecular complexity index is 359. The van der Waals surface area contributed by atoms with Gasteiger partial charge in [0.1, 0.15) is 0 Å². The van der Waals surface area contributed by atoms with Crippen LogP contribution in [0.5, 0.6) is 0 Å². The topological polar surface area (TPSA) is 0 Å². The molecule has 0 saturated carbocycles. The van der Waals surface area contributed by atoms with Crippen molar-refractivity contribution in [2.24, 2.45) is 5.92 Å². The fourth-order valence-corrected chi connectivity index (χ4v) is 2.04. The van der Waals surface area contributed by atoms with Crippen LogP contribution in [0.4, 0.5) is 0 Å². The molecule has 0 heterocycles. The van der Waals surface area contributed by atoms with Crippen LogP contribution in [0, 0.1) is 19.8 Å². The number of fused-ring (bicyclic) bond motifs is 1. The summed E-state index contributed by atoms with van der Waals surface area (Å²) >= 11 is 0. The Morgan fingerprint density at radius 3 is 2.62 bits per heavy atom. The third-order valence-corrected chi connectivity index (χ3v) is 2.93. The number of hydrogen-bond donors (Lipinski definition) is 0. The Morgan fingerprint density at radius 1 is 1.15 bits per heavy atom. The van der Waals surface area contributed by atoms with Gasteiger partial charge >= 0.3 is 0 Å². The molecule has 2 rings (SSSR count). The minimum absolute atomic E-state index is 0.702. The molecule has 0 N–H and O–H groups in total. The van der Waals surface area contributed by atoms with Crippen LogP contribution in [0.2, 0.25) is 0 Å². The summed E-state index contributed by atoms with van der Waals surface area (Å²) < 4.78 is 0. The SMILES string of the molecule is Cc1ccc(C)c2c1C=CC(C)C2. The van der Waals surface area contributed by atoms with E-state index in [4.69, 9.17) is 0 Å². The Morgan fingerprint density at radius 2 is 1.85 bits per heavy atom. The van der Waals surface area contributed by atoms with Crippen LogP contribution in [0.25, 0.3) is 6.08 Å². The van der Waals surface area contributed by atoms with Crippen molar-refractivity contribution < 1.29 is 0 Å². The smallest absolute Gasteiger partial charge is 0.0195 e. The Hall–Kier alpha value is -1.04. The Kier molecular flexibility index (Phi) is 1.99. The minimum atomic E-state index is 0.702. The molecule has 1 atom stereocenters. The van der Waals surface area contributed by atoms with Crippen molar-refractivity contribution in [1.82, 2.24) is 0 Å². The molecule has 0 saturated heterocycles. The van der Waals surface area contributed by atoms with E-state index in [1.165, 1.54) is 23.1 Å². The zero-order chi connectivity index (χ0) is 9.42. The van der Waals surface area contributed by atoms with E-state index >= 15 is 0 Å². The number of benzene rings is 1. The molecule has 1 unspecified atom stereocenters. The van der Waals surface area contributed by atoms with Gasteiger partial charge in [-0.1, -0.05) is 31.2 Å². The molecule has 0 heteroatoms. The van der Waals surface area contributed by atoms with E-state index in [2.05, 4.69) is 45.1 Å². The van der Waals surface area contributed by atoms with Crippen molar-refractivity contribution in [2.75, 3.05) is 0 Å². The van der Waals surface area contributed by atoms with E-state index in [1.807, 2.05) is 0 Å². The highest BCUT2D eigenvalue weighted by atomic mass is 14.2. The number of allylic oxidation sites excluding steroid dienone is 1. The van der Waals surface area contributed by atoms with Gasteiger partial charge in [0.2, 0.25) is 0 Å². The van der Waals surface area contributed by atoms with E-state index in [0.717, 1.165) is 0 Å². The van der Waals surface area contributed by atoms with E-state index in [1.54, 1.807) is 5.56 Å². The normalized spacial score (nSPS) is 20.1. The fraction of sp³-hybridized carbons (Fsp3) is 0.385. The quantitative estimate of drug-likeness (QED) is 0.561. The largest absolute Gasteiger partial charge is 0.0807 e. The lowest BCUT2D eigenvalue weighted by molar-refractivity contribution is 0.712. The van der Waals surface area contributed by atoms with Gasteiger partial charge in [0, 0.05) is 0 Å². The Balaban J connectivity index is 2.60. The highest BCUT2D eigenvalue weighted by Gasteiger charge is 2.13. The second-order valence-electron chi connectivity index (χ2n) is 4.13. The molecule has 0 radical (unpaired) electrons. The van der Waals surface area contributed by atoms with Crippen LogP contribution in [-0.4, -0.2) is 0 Å². The van der Waals surface area contributed by atoms with Gasteiger partial charge in [-0.15, -0.1) is 0 Å². The second-order valence-corrected chi connectivity index (χ2v) is 4.13. The van der Waals surface area contributed by atoms with Crippen LogP contribution in [-0.2, 0) is 6.42 Å². The summed E-state index contributed by atoms with van der Waals surface area (Å²) in [6.07, 6.45) is 5.81. The monoisotopic (exact) mass is 172 g/mol. The predicted octanol–water partition coefficient (Wildman–Crippen LogP) is 3.51. The Labute approximate surface area is 80.3 Å². The van der Waals surface area contributed by atoms with E-state index in [9.17, 15) is 0 Å². The zero-order valence-electron chi connectivity index (χ0n) is 8.59. The van der Waals surface area contributed by atoms with Crippen LogP contribution < -0.4 is 0 Å². The van der Waals surface area contributed by atoms with Gasteiger partial charge in [-0.2, -0.15) is 0 Å². The minimum Gasteiger partial charge on any atom is -0.0807 e. The lowest BCUT2D eigenvalue weighted by atomic mass is 9.86. The first kappa shape index (κ1) is 8.55. The summed E-state index contributed by atoms with van der Waals surface area (Å²) in [7, 11) is 0. The number of hydrogen-bond acceptors (Lipinski definition) is 0. The predicted molar refractivity (Wildman–Crippen MR) is 57.8 cm³/mol. The van der Waals surface area contributed by atoms with E-state index < -0.39 is 0 Å². The average molecular weight is 172 g/mol. The van der Waals surface area contributed by atoms with Crippen LogP contribution in [0.15, 0.2) is 18.2 Å². The first-order valence-corrected chi connectivity index (χ1v) is 4.96. The maximum Gasteiger partial charge on any atom is -0.0195 e. The fourth-order valence-electron chi connectivity index (χ4n) is 2.04. The summed E-state index contributed by atoms with van der Waals surface area (Å²) in [6, 6.07) is 4.45. The first-order chi connectivity index (χ1) is 6.18. The molecular formula is C13H16. The van der Waals surface area contributed by atoms with Gasteiger partial charge in [-0.25, -0.2) is 0 Å². The van der Waals surface area contributed by atoms with Gasteiger partial charge < -0.3 is 0 Å². The zero-order valence-corrected chi connectivity index (χ0v) is 8.59. The molecule has 1 aliphatic carbocycles. The standard InChI is InChI=1S/C13H16/c1-9-4-7-12-10(2)5-6-11(3)13(12)8-9/h4-7,9H,8H2,1-3H3. The van der Waals surface area contributed by atoms with Crippen molar-refractivity contribution >= 4 is 6.08 Å². The third kappa shape index (κ3) is 1.41. The lowest BCUT2D eigenvalue weighted by Crippen LogP contribution is -2.06. The number of rotatable bonds is 0. The maximum atomic E-state index is 2.31. The van der Waals surface area contributed by atoms with Crippen molar-refractivity contribution in [3.63, 3.8) is 0 Å². The van der Waals surface area contributed by atoms with Crippen LogP contribution in [0.1, 0.15) is 29.2 Å². The average Bonchev–Trinajstić information content (AvgIpc) is 2.12. The van der Waals surface area contributed by atoms with Crippen molar-refractivity contribution in [3.8, 4) is 0 Å². The van der Waals surface area contributed by atoms with Crippen molar-refractivity contribution in [3.05, 3.63) is 40.5 Å². The van der Waals surface area contributed by atoms with E-state index in [0.29, 0.717) is 5.92 Å². The highest BCUT2D eigenvalue weighted by molar-refractivity contribution is 5.62. The van der Waals surface area contributed by atoms with E-state index in [-0.39, 0.29) is 0 Å². The van der Waals surface area contributed by atoms with Gasteiger partial charge in [0.05, 0.1) is 0 Å². The molecule has 1 aromatic rings. The lowest BCUT2D eigenvalue weighted by Gasteiger charge is -2.19. The highest BCUT2D eigenvalue weighted by Crippen LogP contribution is 2.27. The van der Waals surface area contributed by atoms with Crippen molar-refractivity contribution in [1.29, 1.82) is 0 Å². The molecule has 0 aromatic heterocycles. The van der Waals surface area contributed by atoms with Gasteiger partial charge in [-0.05, 0) is 48.4 Å². The molecule has 0 fully saturated rings. The molecule has 13 heavy (non-hydrogen) atoms. The molecule has 1 aromatic carbocycles.